The van der Waals surface area contributed by atoms with Crippen LogP contribution in [0, 0.1) is 5.92 Å². The molecule has 0 bridgehead atoms. The molecule has 0 aromatic carbocycles. The SMILES string of the molecule is CC1CCC(NCCN2CC(C)N(C)C(C)C2)CC1. The first-order valence-electron chi connectivity index (χ1n) is 8.24. The minimum atomic E-state index is 0.694. The predicted molar refractivity (Wildman–Crippen MR) is 82.5 cm³/mol. The Morgan fingerprint density at radius 1 is 0.947 bits per heavy atom. The molecule has 0 amide bonds. The monoisotopic (exact) mass is 267 g/mol. The second kappa shape index (κ2) is 7.05. The molecule has 0 radical (unpaired) electrons. The number of likely N-dealkylation sites (N-methyl/N-ethyl adjacent to an activating group) is 1. The molecule has 19 heavy (non-hydrogen) atoms. The van der Waals surface area contributed by atoms with Gasteiger partial charge in [0.1, 0.15) is 0 Å². The van der Waals surface area contributed by atoms with Gasteiger partial charge in [-0.3, -0.25) is 9.80 Å². The highest BCUT2D eigenvalue weighted by Crippen LogP contribution is 2.23. The van der Waals surface area contributed by atoms with Crippen molar-refractivity contribution in [3.8, 4) is 0 Å². The molecule has 1 saturated heterocycles. The molecule has 3 heteroatoms. The molecular formula is C16H33N3. The van der Waals surface area contributed by atoms with Crippen LogP contribution in [0.1, 0.15) is 46.5 Å². The molecule has 112 valence electrons. The molecule has 2 aliphatic rings. The van der Waals surface area contributed by atoms with E-state index in [1.807, 2.05) is 0 Å². The molecule has 1 N–H and O–H groups in total. The summed E-state index contributed by atoms with van der Waals surface area (Å²) < 4.78 is 0. The first kappa shape index (κ1) is 15.3. The molecule has 3 nitrogen and oxygen atoms in total. The average molecular weight is 267 g/mol. The van der Waals surface area contributed by atoms with Crippen molar-refractivity contribution in [1.29, 1.82) is 0 Å². The van der Waals surface area contributed by atoms with E-state index in [2.05, 4.69) is 42.9 Å². The lowest BCUT2D eigenvalue weighted by Crippen LogP contribution is -2.56. The van der Waals surface area contributed by atoms with Crippen molar-refractivity contribution in [3.05, 3.63) is 0 Å². The van der Waals surface area contributed by atoms with Crippen molar-refractivity contribution in [3.63, 3.8) is 0 Å². The van der Waals surface area contributed by atoms with Gasteiger partial charge in [-0.1, -0.05) is 6.92 Å². The number of rotatable bonds is 4. The van der Waals surface area contributed by atoms with Crippen LogP contribution in [0.5, 0.6) is 0 Å². The lowest BCUT2D eigenvalue weighted by molar-refractivity contribution is 0.0600. The maximum Gasteiger partial charge on any atom is 0.0195 e. The predicted octanol–water partition coefficient (Wildman–Crippen LogP) is 2.18. The third kappa shape index (κ3) is 4.44. The summed E-state index contributed by atoms with van der Waals surface area (Å²) in [4.78, 5) is 5.14. The standard InChI is InChI=1S/C16H33N3/c1-13-5-7-16(8-6-13)17-9-10-19-11-14(2)18(4)15(3)12-19/h13-17H,5-12H2,1-4H3. The summed E-state index contributed by atoms with van der Waals surface area (Å²) in [5, 5.41) is 3.78. The Labute approximate surface area is 119 Å². The number of nitrogens with one attached hydrogen (secondary N) is 1. The molecule has 2 unspecified atom stereocenters. The van der Waals surface area contributed by atoms with Gasteiger partial charge in [-0.2, -0.15) is 0 Å². The van der Waals surface area contributed by atoms with Crippen LogP contribution in [0.15, 0.2) is 0 Å². The molecule has 0 aromatic heterocycles. The van der Waals surface area contributed by atoms with E-state index >= 15 is 0 Å². The zero-order valence-electron chi connectivity index (χ0n) is 13.4. The van der Waals surface area contributed by atoms with Crippen molar-refractivity contribution >= 4 is 0 Å². The fourth-order valence-electron chi connectivity index (χ4n) is 3.59. The van der Waals surface area contributed by atoms with Gasteiger partial charge >= 0.3 is 0 Å². The molecule has 1 aliphatic heterocycles. The average Bonchev–Trinajstić information content (AvgIpc) is 2.38. The van der Waals surface area contributed by atoms with Gasteiger partial charge in [-0.05, 0) is 52.5 Å². The first-order valence-corrected chi connectivity index (χ1v) is 8.24. The zero-order valence-corrected chi connectivity index (χ0v) is 13.4. The Morgan fingerprint density at radius 2 is 1.53 bits per heavy atom. The molecule has 1 heterocycles. The Hall–Kier alpha value is -0.120. The summed E-state index contributed by atoms with van der Waals surface area (Å²) >= 11 is 0. The quantitative estimate of drug-likeness (QED) is 0.842. The largest absolute Gasteiger partial charge is 0.313 e. The smallest absolute Gasteiger partial charge is 0.0195 e. The minimum Gasteiger partial charge on any atom is -0.313 e. The van der Waals surface area contributed by atoms with Crippen LogP contribution < -0.4 is 5.32 Å². The maximum absolute atomic E-state index is 3.78. The van der Waals surface area contributed by atoms with Gasteiger partial charge in [-0.15, -0.1) is 0 Å². The molecule has 2 rings (SSSR count). The highest BCUT2D eigenvalue weighted by Gasteiger charge is 2.26. The summed E-state index contributed by atoms with van der Waals surface area (Å²) in [7, 11) is 2.26. The molecule has 0 aromatic rings. The van der Waals surface area contributed by atoms with E-state index < -0.39 is 0 Å². The molecule has 1 aliphatic carbocycles. The second-order valence-electron chi connectivity index (χ2n) is 7.03. The van der Waals surface area contributed by atoms with Crippen molar-refractivity contribution < 1.29 is 0 Å². The topological polar surface area (TPSA) is 18.5 Å². The van der Waals surface area contributed by atoms with E-state index in [-0.39, 0.29) is 0 Å². The fraction of sp³-hybridized carbons (Fsp3) is 1.00. The highest BCUT2D eigenvalue weighted by atomic mass is 15.3. The van der Waals surface area contributed by atoms with Crippen LogP contribution in [0.25, 0.3) is 0 Å². The lowest BCUT2D eigenvalue weighted by Gasteiger charge is -2.42. The summed E-state index contributed by atoms with van der Waals surface area (Å²) in [5.74, 6) is 0.956. The molecular weight excluding hydrogens is 234 g/mol. The molecule has 2 fully saturated rings. The summed E-state index contributed by atoms with van der Waals surface area (Å²) in [5.41, 5.74) is 0. The van der Waals surface area contributed by atoms with E-state index in [4.69, 9.17) is 0 Å². The normalized spacial score (nSPS) is 38.5. The zero-order chi connectivity index (χ0) is 13.8. The Balaban J connectivity index is 1.63. The maximum atomic E-state index is 3.78. The van der Waals surface area contributed by atoms with E-state index in [1.165, 1.54) is 51.9 Å². The van der Waals surface area contributed by atoms with Crippen molar-refractivity contribution in [2.75, 3.05) is 33.2 Å². The summed E-state index contributed by atoms with van der Waals surface area (Å²) in [6, 6.07) is 2.18. The van der Waals surface area contributed by atoms with Crippen LogP contribution in [-0.4, -0.2) is 61.2 Å². The Kier molecular flexibility index (Phi) is 5.67. The van der Waals surface area contributed by atoms with E-state index in [0.717, 1.165) is 12.0 Å². The second-order valence-corrected chi connectivity index (χ2v) is 7.03. The fourth-order valence-corrected chi connectivity index (χ4v) is 3.59. The highest BCUT2D eigenvalue weighted by molar-refractivity contribution is 4.83. The van der Waals surface area contributed by atoms with Gasteiger partial charge in [0.2, 0.25) is 0 Å². The third-order valence-electron chi connectivity index (χ3n) is 5.31. The van der Waals surface area contributed by atoms with Crippen LogP contribution >= 0.6 is 0 Å². The molecule has 0 spiro atoms. The van der Waals surface area contributed by atoms with E-state index in [1.54, 1.807) is 0 Å². The van der Waals surface area contributed by atoms with Crippen molar-refractivity contribution in [2.45, 2.75) is 64.6 Å². The first-order chi connectivity index (χ1) is 9.06. The Bertz CT molecular complexity index is 249. The molecule has 1 saturated carbocycles. The van der Waals surface area contributed by atoms with Gasteiger partial charge < -0.3 is 5.32 Å². The van der Waals surface area contributed by atoms with Gasteiger partial charge in [0.15, 0.2) is 0 Å². The summed E-state index contributed by atoms with van der Waals surface area (Å²) in [6.45, 7) is 11.9. The van der Waals surface area contributed by atoms with Crippen LogP contribution in [0.2, 0.25) is 0 Å². The molecule has 2 atom stereocenters. The van der Waals surface area contributed by atoms with Crippen LogP contribution in [0.4, 0.5) is 0 Å². The number of piperazine rings is 1. The minimum absolute atomic E-state index is 0.694. The van der Waals surface area contributed by atoms with Crippen LogP contribution in [0.3, 0.4) is 0 Å². The van der Waals surface area contributed by atoms with Crippen molar-refractivity contribution in [2.24, 2.45) is 5.92 Å². The van der Waals surface area contributed by atoms with Gasteiger partial charge in [-0.25, -0.2) is 0 Å². The van der Waals surface area contributed by atoms with Gasteiger partial charge in [0.05, 0.1) is 0 Å². The van der Waals surface area contributed by atoms with Gasteiger partial charge in [0, 0.05) is 44.3 Å². The lowest BCUT2D eigenvalue weighted by atomic mass is 9.87. The Morgan fingerprint density at radius 3 is 2.11 bits per heavy atom. The number of hydrogen-bond acceptors (Lipinski definition) is 3. The summed E-state index contributed by atoms with van der Waals surface area (Å²) in [6.07, 6.45) is 5.61. The van der Waals surface area contributed by atoms with E-state index in [9.17, 15) is 0 Å². The third-order valence-corrected chi connectivity index (χ3v) is 5.31. The van der Waals surface area contributed by atoms with E-state index in [0.29, 0.717) is 12.1 Å². The van der Waals surface area contributed by atoms with Gasteiger partial charge in [0.25, 0.3) is 0 Å². The number of nitrogens with zero attached hydrogens (tertiary/aromatic N) is 2. The van der Waals surface area contributed by atoms with Crippen LogP contribution in [-0.2, 0) is 0 Å². The van der Waals surface area contributed by atoms with Crippen molar-refractivity contribution in [1.82, 2.24) is 15.1 Å². The number of hydrogen-bond donors (Lipinski definition) is 1.